The van der Waals surface area contributed by atoms with Gasteiger partial charge in [0.05, 0.1) is 5.69 Å². The van der Waals surface area contributed by atoms with E-state index in [1.54, 1.807) is 6.20 Å². The largest absolute Gasteiger partial charge is 0.310 e. The minimum atomic E-state index is 0.677. The molecule has 0 spiro atoms. The summed E-state index contributed by atoms with van der Waals surface area (Å²) in [5, 5.41) is 7.95. The summed E-state index contributed by atoms with van der Waals surface area (Å²) < 4.78 is 1.89. The van der Waals surface area contributed by atoms with Crippen molar-refractivity contribution in [3.63, 3.8) is 0 Å². The molecule has 106 valence electrons. The topological polar surface area (TPSA) is 29.9 Å². The molecule has 0 aliphatic heterocycles. The Balaban J connectivity index is 1.59. The highest BCUT2D eigenvalue weighted by Crippen LogP contribution is 2.31. The number of nitrogens with zero attached hydrogens (tertiary/aromatic N) is 2. The van der Waals surface area contributed by atoms with Crippen molar-refractivity contribution in [3.8, 4) is 5.69 Å². The van der Waals surface area contributed by atoms with E-state index in [9.17, 15) is 0 Å². The van der Waals surface area contributed by atoms with Crippen LogP contribution in [0.5, 0.6) is 0 Å². The summed E-state index contributed by atoms with van der Waals surface area (Å²) in [7, 11) is 0. The molecule has 1 aromatic carbocycles. The minimum absolute atomic E-state index is 0.677. The van der Waals surface area contributed by atoms with Crippen LogP contribution >= 0.6 is 0 Å². The Bertz CT molecular complexity index is 530. The van der Waals surface area contributed by atoms with E-state index in [1.807, 2.05) is 16.9 Å². The molecule has 0 bridgehead atoms. The predicted octanol–water partition coefficient (Wildman–Crippen LogP) is 3.40. The molecule has 3 nitrogen and oxygen atoms in total. The Morgan fingerprint density at radius 1 is 1.20 bits per heavy atom. The van der Waals surface area contributed by atoms with Gasteiger partial charge in [-0.05, 0) is 48.4 Å². The molecule has 3 atom stereocenters. The van der Waals surface area contributed by atoms with Crippen LogP contribution in [0, 0.1) is 11.8 Å². The zero-order valence-corrected chi connectivity index (χ0v) is 12.3. The van der Waals surface area contributed by atoms with Crippen molar-refractivity contribution in [2.24, 2.45) is 11.8 Å². The van der Waals surface area contributed by atoms with Crippen LogP contribution in [0.1, 0.15) is 32.3 Å². The van der Waals surface area contributed by atoms with Gasteiger partial charge >= 0.3 is 0 Å². The van der Waals surface area contributed by atoms with Crippen LogP contribution in [0.2, 0.25) is 0 Å². The van der Waals surface area contributed by atoms with E-state index in [2.05, 4.69) is 48.5 Å². The molecule has 0 amide bonds. The number of aromatic nitrogens is 2. The van der Waals surface area contributed by atoms with Crippen molar-refractivity contribution in [2.75, 3.05) is 0 Å². The maximum Gasteiger partial charge on any atom is 0.0645 e. The molecule has 1 aliphatic rings. The third-order valence-electron chi connectivity index (χ3n) is 4.74. The van der Waals surface area contributed by atoms with E-state index in [-0.39, 0.29) is 0 Å². The van der Waals surface area contributed by atoms with Crippen molar-refractivity contribution >= 4 is 0 Å². The van der Waals surface area contributed by atoms with E-state index >= 15 is 0 Å². The maximum atomic E-state index is 4.24. The molecule has 3 heteroatoms. The minimum Gasteiger partial charge on any atom is -0.310 e. The highest BCUT2D eigenvalue weighted by Gasteiger charge is 2.28. The summed E-state index contributed by atoms with van der Waals surface area (Å²) in [5.74, 6) is 1.65. The van der Waals surface area contributed by atoms with Gasteiger partial charge in [0, 0.05) is 25.0 Å². The first kappa shape index (κ1) is 13.4. The van der Waals surface area contributed by atoms with Crippen molar-refractivity contribution < 1.29 is 0 Å². The fourth-order valence-corrected chi connectivity index (χ4v) is 3.09. The molecule has 1 saturated carbocycles. The van der Waals surface area contributed by atoms with Crippen molar-refractivity contribution in [1.29, 1.82) is 0 Å². The highest BCUT2D eigenvalue weighted by molar-refractivity contribution is 5.33. The predicted molar refractivity (Wildman–Crippen MR) is 81.8 cm³/mol. The van der Waals surface area contributed by atoms with Crippen molar-refractivity contribution in [2.45, 2.75) is 39.3 Å². The molecule has 0 radical (unpaired) electrons. The molecular weight excluding hydrogens is 246 g/mol. The first-order valence-electron chi connectivity index (χ1n) is 7.56. The van der Waals surface area contributed by atoms with E-state index in [0.717, 1.165) is 24.1 Å². The molecule has 1 heterocycles. The third-order valence-corrected chi connectivity index (χ3v) is 4.74. The lowest BCUT2D eigenvalue weighted by Crippen LogP contribution is -2.31. The van der Waals surface area contributed by atoms with Gasteiger partial charge in [-0.3, -0.25) is 0 Å². The molecule has 0 saturated heterocycles. The van der Waals surface area contributed by atoms with E-state index in [4.69, 9.17) is 0 Å². The molecule has 2 aromatic rings. The Labute approximate surface area is 121 Å². The fourth-order valence-electron chi connectivity index (χ4n) is 3.09. The lowest BCUT2D eigenvalue weighted by atomic mass is 9.98. The zero-order valence-electron chi connectivity index (χ0n) is 12.3. The van der Waals surface area contributed by atoms with Gasteiger partial charge in [-0.2, -0.15) is 5.10 Å². The number of nitrogens with one attached hydrogen (secondary N) is 1. The summed E-state index contributed by atoms with van der Waals surface area (Å²) in [6, 6.07) is 11.3. The molecule has 1 N–H and O–H groups in total. The normalized spacial score (nSPS) is 26.0. The second-order valence-corrected chi connectivity index (χ2v) is 6.02. The molecule has 3 unspecified atom stereocenters. The average Bonchev–Trinajstić information content (AvgIpc) is 3.10. The van der Waals surface area contributed by atoms with Gasteiger partial charge in [0.1, 0.15) is 0 Å². The number of benzene rings is 1. The van der Waals surface area contributed by atoms with Crippen molar-refractivity contribution in [3.05, 3.63) is 48.3 Å². The van der Waals surface area contributed by atoms with Crippen LogP contribution < -0.4 is 5.32 Å². The quantitative estimate of drug-likeness (QED) is 0.922. The maximum absolute atomic E-state index is 4.24. The average molecular weight is 269 g/mol. The second kappa shape index (κ2) is 5.80. The Morgan fingerprint density at radius 3 is 2.60 bits per heavy atom. The van der Waals surface area contributed by atoms with Gasteiger partial charge in [-0.15, -0.1) is 0 Å². The lowest BCUT2D eigenvalue weighted by Gasteiger charge is -2.19. The highest BCUT2D eigenvalue weighted by atomic mass is 15.3. The van der Waals surface area contributed by atoms with Crippen LogP contribution in [-0.2, 0) is 6.54 Å². The smallest absolute Gasteiger partial charge is 0.0645 e. The van der Waals surface area contributed by atoms with Crippen LogP contribution in [0.15, 0.2) is 42.7 Å². The SMILES string of the molecule is CC1CCC(NCc2ccc(-n3cccn3)cc2)C1C. The van der Waals surface area contributed by atoms with E-state index in [0.29, 0.717) is 6.04 Å². The first-order valence-corrected chi connectivity index (χ1v) is 7.56. The Morgan fingerprint density at radius 2 is 2.00 bits per heavy atom. The molecular formula is C17H23N3. The molecule has 1 aromatic heterocycles. The second-order valence-electron chi connectivity index (χ2n) is 6.02. The number of rotatable bonds is 4. The third kappa shape index (κ3) is 2.78. The summed E-state index contributed by atoms with van der Waals surface area (Å²) in [4.78, 5) is 0. The summed E-state index contributed by atoms with van der Waals surface area (Å²) >= 11 is 0. The Kier molecular flexibility index (Phi) is 3.88. The standard InChI is InChI=1S/C17H23N3/c1-13-4-9-17(14(13)2)18-12-15-5-7-16(8-6-15)20-11-3-10-19-20/h3,5-8,10-11,13-14,17-18H,4,9,12H2,1-2H3. The zero-order chi connectivity index (χ0) is 13.9. The van der Waals surface area contributed by atoms with Crippen LogP contribution in [0.25, 0.3) is 5.69 Å². The lowest BCUT2D eigenvalue weighted by molar-refractivity contribution is 0.370. The molecule has 20 heavy (non-hydrogen) atoms. The monoisotopic (exact) mass is 269 g/mol. The van der Waals surface area contributed by atoms with Crippen LogP contribution in [0.4, 0.5) is 0 Å². The van der Waals surface area contributed by atoms with Crippen molar-refractivity contribution in [1.82, 2.24) is 15.1 Å². The summed E-state index contributed by atoms with van der Waals surface area (Å²) in [6.45, 7) is 5.70. The first-order chi connectivity index (χ1) is 9.74. The summed E-state index contributed by atoms with van der Waals surface area (Å²) in [6.07, 6.45) is 6.44. The number of hydrogen-bond acceptors (Lipinski definition) is 2. The summed E-state index contributed by atoms with van der Waals surface area (Å²) in [5.41, 5.74) is 2.45. The van der Waals surface area contributed by atoms with Gasteiger partial charge in [-0.25, -0.2) is 4.68 Å². The molecule has 3 rings (SSSR count). The van der Waals surface area contributed by atoms with E-state index < -0.39 is 0 Å². The Hall–Kier alpha value is -1.61. The number of hydrogen-bond donors (Lipinski definition) is 1. The molecule has 1 aliphatic carbocycles. The van der Waals surface area contributed by atoms with Gasteiger partial charge < -0.3 is 5.32 Å². The van der Waals surface area contributed by atoms with E-state index in [1.165, 1.54) is 18.4 Å². The van der Waals surface area contributed by atoms with Gasteiger partial charge in [-0.1, -0.05) is 26.0 Å². The fraction of sp³-hybridized carbons (Fsp3) is 0.471. The van der Waals surface area contributed by atoms with Gasteiger partial charge in [0.2, 0.25) is 0 Å². The van der Waals surface area contributed by atoms with Crippen LogP contribution in [0.3, 0.4) is 0 Å². The van der Waals surface area contributed by atoms with Gasteiger partial charge in [0.25, 0.3) is 0 Å². The van der Waals surface area contributed by atoms with Gasteiger partial charge in [0.15, 0.2) is 0 Å². The molecule has 1 fully saturated rings. The van der Waals surface area contributed by atoms with Crippen LogP contribution in [-0.4, -0.2) is 15.8 Å².